The van der Waals surface area contributed by atoms with Gasteiger partial charge in [0.1, 0.15) is 11.8 Å². The summed E-state index contributed by atoms with van der Waals surface area (Å²) in [5.41, 5.74) is 2.15. The van der Waals surface area contributed by atoms with Crippen molar-refractivity contribution in [2.75, 3.05) is 12.9 Å². The molecule has 2 amide bonds. The maximum absolute atomic E-state index is 13.2. The molecule has 0 aliphatic rings. The van der Waals surface area contributed by atoms with Crippen LogP contribution in [-0.2, 0) is 21.9 Å². The largest absolute Gasteiger partial charge is 0.497 e. The third-order valence-electron chi connectivity index (χ3n) is 5.24. The fraction of sp³-hybridized carbons (Fsp3) is 0.440. The van der Waals surface area contributed by atoms with Gasteiger partial charge in [0.25, 0.3) is 0 Å². The maximum atomic E-state index is 13.2. The molecule has 0 saturated heterocycles. The van der Waals surface area contributed by atoms with Gasteiger partial charge in [-0.25, -0.2) is 0 Å². The summed E-state index contributed by atoms with van der Waals surface area (Å²) >= 11 is 1.57. The van der Waals surface area contributed by atoms with E-state index >= 15 is 0 Å². The summed E-state index contributed by atoms with van der Waals surface area (Å²) in [6.07, 6.45) is 1.41. The number of carbonyl (C=O) groups excluding carboxylic acids is 2. The van der Waals surface area contributed by atoms with Crippen molar-refractivity contribution in [3.05, 3.63) is 65.7 Å². The third-order valence-corrected chi connectivity index (χ3v) is 6.22. The van der Waals surface area contributed by atoms with Gasteiger partial charge in [0, 0.05) is 18.3 Å². The van der Waals surface area contributed by atoms with E-state index in [0.29, 0.717) is 18.7 Å². The molecule has 0 saturated carbocycles. The summed E-state index contributed by atoms with van der Waals surface area (Å²) in [5.74, 6) is 1.74. The van der Waals surface area contributed by atoms with Crippen LogP contribution in [0.3, 0.4) is 0 Å². The Labute approximate surface area is 190 Å². The van der Waals surface area contributed by atoms with Crippen LogP contribution in [0.15, 0.2) is 54.6 Å². The predicted molar refractivity (Wildman–Crippen MR) is 128 cm³/mol. The number of benzene rings is 2. The van der Waals surface area contributed by atoms with Gasteiger partial charge >= 0.3 is 0 Å². The van der Waals surface area contributed by atoms with Crippen LogP contribution in [0.4, 0.5) is 0 Å². The molecule has 0 fully saturated rings. The molecular weight excluding hydrogens is 408 g/mol. The molecule has 2 rings (SSSR count). The number of ether oxygens (including phenoxy) is 1. The van der Waals surface area contributed by atoms with Crippen molar-refractivity contribution < 1.29 is 14.3 Å². The molecule has 31 heavy (non-hydrogen) atoms. The van der Waals surface area contributed by atoms with E-state index in [0.717, 1.165) is 23.5 Å². The number of methoxy groups -OCH3 is 1. The summed E-state index contributed by atoms with van der Waals surface area (Å²) in [7, 11) is 1.63. The number of rotatable bonds is 12. The molecule has 0 unspecified atom stereocenters. The van der Waals surface area contributed by atoms with E-state index in [2.05, 4.69) is 17.4 Å². The standard InChI is InChI=1S/C25H34N2O3S/c1-5-19(3)26-25(29)23(6-2)27(16-20-12-14-22(30-4)15-13-20)24(28)18-31-17-21-10-8-7-9-11-21/h7-15,19,23H,5-6,16-18H2,1-4H3,(H,26,29)/t19-,23+/m1/s1. The molecule has 6 heteroatoms. The highest BCUT2D eigenvalue weighted by Crippen LogP contribution is 2.19. The number of carbonyl (C=O) groups is 2. The van der Waals surface area contributed by atoms with Crippen LogP contribution in [0.2, 0.25) is 0 Å². The molecule has 168 valence electrons. The van der Waals surface area contributed by atoms with Crippen LogP contribution in [0.25, 0.3) is 0 Å². The first-order valence-electron chi connectivity index (χ1n) is 10.8. The highest BCUT2D eigenvalue weighted by Gasteiger charge is 2.29. The van der Waals surface area contributed by atoms with Crippen molar-refractivity contribution in [1.29, 1.82) is 0 Å². The molecule has 0 aliphatic heterocycles. The normalized spacial score (nSPS) is 12.6. The van der Waals surface area contributed by atoms with Gasteiger partial charge in [0.05, 0.1) is 12.9 Å². The minimum absolute atomic E-state index is 0.0251. The van der Waals surface area contributed by atoms with Gasteiger partial charge in [-0.15, -0.1) is 11.8 Å². The van der Waals surface area contributed by atoms with Crippen LogP contribution in [0, 0.1) is 0 Å². The molecule has 1 N–H and O–H groups in total. The first-order chi connectivity index (χ1) is 15.0. The van der Waals surface area contributed by atoms with Gasteiger partial charge in [0.15, 0.2) is 0 Å². The Bertz CT molecular complexity index is 811. The lowest BCUT2D eigenvalue weighted by molar-refractivity contribution is -0.139. The minimum Gasteiger partial charge on any atom is -0.497 e. The van der Waals surface area contributed by atoms with Gasteiger partial charge in [-0.05, 0) is 43.0 Å². The lowest BCUT2D eigenvalue weighted by Crippen LogP contribution is -2.51. The van der Waals surface area contributed by atoms with E-state index in [1.165, 1.54) is 5.56 Å². The zero-order valence-corrected chi connectivity index (χ0v) is 19.8. The van der Waals surface area contributed by atoms with Crippen molar-refractivity contribution in [2.45, 2.75) is 58.0 Å². The molecular formula is C25H34N2O3S. The lowest BCUT2D eigenvalue weighted by Gasteiger charge is -2.31. The minimum atomic E-state index is -0.499. The summed E-state index contributed by atoms with van der Waals surface area (Å²) in [5, 5.41) is 3.04. The monoisotopic (exact) mass is 442 g/mol. The first-order valence-corrected chi connectivity index (χ1v) is 12.0. The average molecular weight is 443 g/mol. The number of hydrogen-bond acceptors (Lipinski definition) is 4. The Morgan fingerprint density at radius 1 is 1.00 bits per heavy atom. The molecule has 2 aromatic carbocycles. The predicted octanol–water partition coefficient (Wildman–Crippen LogP) is 4.65. The van der Waals surface area contributed by atoms with Crippen molar-refractivity contribution in [1.82, 2.24) is 10.2 Å². The smallest absolute Gasteiger partial charge is 0.243 e. The molecule has 0 radical (unpaired) electrons. The fourth-order valence-electron chi connectivity index (χ4n) is 3.20. The van der Waals surface area contributed by atoms with E-state index in [-0.39, 0.29) is 17.9 Å². The third kappa shape index (κ3) is 7.94. The number of amides is 2. The summed E-state index contributed by atoms with van der Waals surface area (Å²) in [6, 6.07) is 17.3. The van der Waals surface area contributed by atoms with Crippen LogP contribution < -0.4 is 10.1 Å². The SMILES string of the molecule is CC[C@@H](C)NC(=O)[C@H](CC)N(Cc1ccc(OC)cc1)C(=O)CSCc1ccccc1. The van der Waals surface area contributed by atoms with Gasteiger partial charge in [-0.2, -0.15) is 0 Å². The van der Waals surface area contributed by atoms with Crippen molar-refractivity contribution in [3.63, 3.8) is 0 Å². The Morgan fingerprint density at radius 2 is 1.68 bits per heavy atom. The summed E-state index contributed by atoms with van der Waals surface area (Å²) in [4.78, 5) is 27.9. The van der Waals surface area contributed by atoms with Gasteiger partial charge < -0.3 is 15.0 Å². The number of nitrogens with one attached hydrogen (secondary N) is 1. The first kappa shape index (κ1) is 24.8. The van der Waals surface area contributed by atoms with E-state index in [1.54, 1.807) is 23.8 Å². The number of nitrogens with zero attached hydrogens (tertiary/aromatic N) is 1. The van der Waals surface area contributed by atoms with Gasteiger partial charge in [-0.3, -0.25) is 9.59 Å². The van der Waals surface area contributed by atoms with Crippen molar-refractivity contribution in [2.24, 2.45) is 0 Å². The number of hydrogen-bond donors (Lipinski definition) is 1. The second-order valence-corrected chi connectivity index (χ2v) is 8.58. The van der Waals surface area contributed by atoms with Crippen LogP contribution in [-0.4, -0.2) is 41.7 Å². The molecule has 0 heterocycles. The zero-order chi connectivity index (χ0) is 22.6. The molecule has 0 spiro atoms. The molecule has 0 bridgehead atoms. The summed E-state index contributed by atoms with van der Waals surface area (Å²) in [6.45, 7) is 6.36. The van der Waals surface area contributed by atoms with Crippen LogP contribution in [0.5, 0.6) is 5.75 Å². The highest BCUT2D eigenvalue weighted by molar-refractivity contribution is 7.99. The van der Waals surface area contributed by atoms with E-state index in [4.69, 9.17) is 4.74 Å². The van der Waals surface area contributed by atoms with Gasteiger partial charge in [0.2, 0.25) is 11.8 Å². The Kier molecular flexibility index (Phi) is 10.4. The molecule has 5 nitrogen and oxygen atoms in total. The van der Waals surface area contributed by atoms with E-state index < -0.39 is 6.04 Å². The van der Waals surface area contributed by atoms with E-state index in [1.807, 2.05) is 63.2 Å². The fourth-order valence-corrected chi connectivity index (χ4v) is 4.07. The number of thioether (sulfide) groups is 1. The Morgan fingerprint density at radius 3 is 2.26 bits per heavy atom. The van der Waals surface area contributed by atoms with Crippen LogP contribution in [0.1, 0.15) is 44.7 Å². The molecule has 2 aromatic rings. The molecule has 0 aromatic heterocycles. The quantitative estimate of drug-likeness (QED) is 0.520. The second-order valence-electron chi connectivity index (χ2n) is 7.59. The van der Waals surface area contributed by atoms with Crippen molar-refractivity contribution >= 4 is 23.6 Å². The molecule has 2 atom stereocenters. The average Bonchev–Trinajstić information content (AvgIpc) is 2.79. The van der Waals surface area contributed by atoms with Crippen molar-refractivity contribution in [3.8, 4) is 5.75 Å². The van der Waals surface area contributed by atoms with Crippen LogP contribution >= 0.6 is 11.8 Å². The Balaban J connectivity index is 2.13. The second kappa shape index (κ2) is 13.1. The topological polar surface area (TPSA) is 58.6 Å². The van der Waals surface area contributed by atoms with Gasteiger partial charge in [-0.1, -0.05) is 56.3 Å². The summed E-state index contributed by atoms with van der Waals surface area (Å²) < 4.78 is 5.23. The maximum Gasteiger partial charge on any atom is 0.243 e. The zero-order valence-electron chi connectivity index (χ0n) is 19.0. The van der Waals surface area contributed by atoms with E-state index in [9.17, 15) is 9.59 Å². The molecule has 0 aliphatic carbocycles. The lowest BCUT2D eigenvalue weighted by atomic mass is 10.1. The highest BCUT2D eigenvalue weighted by atomic mass is 32.2. The Hall–Kier alpha value is -2.47.